The average molecular weight is 382 g/mol. The van der Waals surface area contributed by atoms with Gasteiger partial charge in [0.05, 0.1) is 0 Å². The van der Waals surface area contributed by atoms with Crippen LogP contribution >= 0.6 is 0 Å². The summed E-state index contributed by atoms with van der Waals surface area (Å²) in [5.41, 5.74) is 2.69. The molecule has 0 aliphatic heterocycles. The van der Waals surface area contributed by atoms with Crippen molar-refractivity contribution in [2.45, 2.75) is 98.3 Å². The van der Waals surface area contributed by atoms with Crippen molar-refractivity contribution in [1.82, 2.24) is 4.98 Å². The molecule has 0 amide bonds. The smallest absolute Gasteiger partial charge is 0.248 e. The van der Waals surface area contributed by atoms with Crippen LogP contribution < -0.4 is 4.74 Å². The monoisotopic (exact) mass is 381 g/mol. The van der Waals surface area contributed by atoms with Crippen molar-refractivity contribution in [3.05, 3.63) is 35.2 Å². The maximum absolute atomic E-state index is 13.0. The Bertz CT molecular complexity index is 560. The minimum atomic E-state index is -2.43. The van der Waals surface area contributed by atoms with E-state index in [-0.39, 0.29) is 18.8 Å². The molecule has 1 aromatic rings. The van der Waals surface area contributed by atoms with E-state index in [1.54, 1.807) is 0 Å². The number of halogens is 2. The second-order valence-corrected chi connectivity index (χ2v) is 7.65. The molecule has 1 saturated carbocycles. The molecule has 1 heterocycles. The summed E-state index contributed by atoms with van der Waals surface area (Å²) >= 11 is 0. The zero-order chi connectivity index (χ0) is 20.3. The molecule has 0 bridgehead atoms. The quantitative estimate of drug-likeness (QED) is 0.408. The fourth-order valence-electron chi connectivity index (χ4n) is 2.81. The summed E-state index contributed by atoms with van der Waals surface area (Å²) in [7, 11) is 0. The Kier molecular flexibility index (Phi) is 10.6. The van der Waals surface area contributed by atoms with Gasteiger partial charge in [-0.2, -0.15) is 0 Å². The molecule has 0 radical (unpaired) electrons. The SMILES string of the molecule is CCCCC(F)(F)CC(C)CC.CCc1ccc(OC(C)=C2CCC2)nc1. The number of hydrogen-bond acceptors (Lipinski definition) is 2. The Morgan fingerprint density at radius 1 is 1.22 bits per heavy atom. The van der Waals surface area contributed by atoms with Gasteiger partial charge in [0.2, 0.25) is 11.8 Å². The predicted octanol–water partition coefficient (Wildman–Crippen LogP) is 7.73. The molecule has 0 saturated heterocycles. The molecule has 4 heteroatoms. The van der Waals surface area contributed by atoms with Gasteiger partial charge in [-0.3, -0.25) is 0 Å². The number of nitrogens with zero attached hydrogens (tertiary/aromatic N) is 1. The molecule has 1 aliphatic carbocycles. The zero-order valence-corrected chi connectivity index (χ0v) is 17.8. The van der Waals surface area contributed by atoms with Crippen molar-refractivity contribution in [2.24, 2.45) is 5.92 Å². The van der Waals surface area contributed by atoms with Gasteiger partial charge >= 0.3 is 0 Å². The summed E-state index contributed by atoms with van der Waals surface area (Å²) in [6.45, 7) is 9.95. The van der Waals surface area contributed by atoms with Crippen molar-refractivity contribution in [3.63, 3.8) is 0 Å². The van der Waals surface area contributed by atoms with Crippen LogP contribution in [-0.2, 0) is 6.42 Å². The molecular formula is C23H37F2NO. The standard InChI is InChI=1S/C13H17NO.C10H20F2/c1-3-11-7-8-13(14-9-11)15-10(2)12-5-4-6-12;1-4-6-7-10(11,12)8-9(3)5-2/h7-9H,3-6H2,1-2H3;9H,4-8H2,1-3H3. The van der Waals surface area contributed by atoms with Crippen molar-refractivity contribution < 1.29 is 13.5 Å². The second-order valence-electron chi connectivity index (χ2n) is 7.65. The molecule has 1 unspecified atom stereocenters. The van der Waals surface area contributed by atoms with E-state index in [0.29, 0.717) is 12.3 Å². The molecular weight excluding hydrogens is 344 g/mol. The maximum atomic E-state index is 13.0. The lowest BCUT2D eigenvalue weighted by Crippen LogP contribution is -2.19. The lowest BCUT2D eigenvalue weighted by molar-refractivity contribution is -0.0310. The van der Waals surface area contributed by atoms with Gasteiger partial charge < -0.3 is 4.74 Å². The van der Waals surface area contributed by atoms with E-state index < -0.39 is 5.92 Å². The molecule has 0 spiro atoms. The van der Waals surface area contributed by atoms with Crippen molar-refractivity contribution in [3.8, 4) is 5.88 Å². The van der Waals surface area contributed by atoms with Gasteiger partial charge in [-0.25, -0.2) is 13.8 Å². The number of pyridine rings is 1. The first kappa shape index (κ1) is 23.6. The van der Waals surface area contributed by atoms with Crippen molar-refractivity contribution in [2.75, 3.05) is 0 Å². The molecule has 1 atom stereocenters. The van der Waals surface area contributed by atoms with Crippen LogP contribution in [0.25, 0.3) is 0 Å². The van der Waals surface area contributed by atoms with E-state index in [9.17, 15) is 8.78 Å². The van der Waals surface area contributed by atoms with Gasteiger partial charge in [0, 0.05) is 25.1 Å². The summed E-state index contributed by atoms with van der Waals surface area (Å²) < 4.78 is 31.8. The fourth-order valence-corrected chi connectivity index (χ4v) is 2.81. The number of rotatable bonds is 9. The fraction of sp³-hybridized carbons (Fsp3) is 0.696. The summed E-state index contributed by atoms with van der Waals surface area (Å²) in [4.78, 5) is 4.27. The number of allylic oxidation sites excluding steroid dienone is 2. The molecule has 2 nitrogen and oxygen atoms in total. The van der Waals surface area contributed by atoms with Crippen LogP contribution in [0.3, 0.4) is 0 Å². The molecule has 1 aromatic heterocycles. The third kappa shape index (κ3) is 9.34. The third-order valence-corrected chi connectivity index (χ3v) is 5.16. The van der Waals surface area contributed by atoms with Gasteiger partial charge in [0.25, 0.3) is 0 Å². The second kappa shape index (κ2) is 12.1. The van der Waals surface area contributed by atoms with Crippen molar-refractivity contribution in [1.29, 1.82) is 0 Å². The normalized spacial score (nSPS) is 14.7. The van der Waals surface area contributed by atoms with Gasteiger partial charge in [-0.1, -0.05) is 46.6 Å². The minimum absolute atomic E-state index is 0.0590. The number of aromatic nitrogens is 1. The van der Waals surface area contributed by atoms with Crippen LogP contribution in [0.1, 0.15) is 91.5 Å². The molecule has 1 aliphatic rings. The summed E-state index contributed by atoms with van der Waals surface area (Å²) in [6, 6.07) is 4.02. The highest BCUT2D eigenvalue weighted by atomic mass is 19.3. The molecule has 27 heavy (non-hydrogen) atoms. The number of aryl methyl sites for hydroxylation is 1. The molecule has 2 rings (SSSR count). The minimum Gasteiger partial charge on any atom is -0.444 e. The van der Waals surface area contributed by atoms with Crippen LogP contribution in [0.4, 0.5) is 8.78 Å². The first-order chi connectivity index (χ1) is 12.8. The lowest BCUT2D eigenvalue weighted by Gasteiger charge is -2.19. The van der Waals surface area contributed by atoms with Crippen LogP contribution in [0, 0.1) is 5.92 Å². The maximum Gasteiger partial charge on any atom is 0.248 e. The summed E-state index contributed by atoms with van der Waals surface area (Å²) in [5, 5.41) is 0. The summed E-state index contributed by atoms with van der Waals surface area (Å²) in [6.07, 6.45) is 9.07. The highest BCUT2D eigenvalue weighted by Gasteiger charge is 2.29. The van der Waals surface area contributed by atoms with Crippen LogP contribution in [0.5, 0.6) is 5.88 Å². The number of hydrogen-bond donors (Lipinski definition) is 0. The lowest BCUT2D eigenvalue weighted by atomic mass is 9.91. The number of unbranched alkanes of at least 4 members (excludes halogenated alkanes) is 1. The van der Waals surface area contributed by atoms with Gasteiger partial charge in [-0.15, -0.1) is 0 Å². The van der Waals surface area contributed by atoms with Crippen LogP contribution in [0.15, 0.2) is 29.7 Å². The van der Waals surface area contributed by atoms with E-state index in [4.69, 9.17) is 4.74 Å². The highest BCUT2D eigenvalue weighted by molar-refractivity contribution is 5.22. The average Bonchev–Trinajstić information content (AvgIpc) is 2.59. The number of alkyl halides is 2. The Balaban J connectivity index is 0.000000279. The highest BCUT2D eigenvalue weighted by Crippen LogP contribution is 2.30. The largest absolute Gasteiger partial charge is 0.444 e. The number of ether oxygens (including phenoxy) is 1. The van der Waals surface area contributed by atoms with E-state index >= 15 is 0 Å². The van der Waals surface area contributed by atoms with E-state index in [0.717, 1.165) is 25.0 Å². The van der Waals surface area contributed by atoms with Gasteiger partial charge in [0.15, 0.2) is 0 Å². The van der Waals surface area contributed by atoms with Gasteiger partial charge in [-0.05, 0) is 56.1 Å². The van der Waals surface area contributed by atoms with Crippen molar-refractivity contribution >= 4 is 0 Å². The Morgan fingerprint density at radius 2 is 1.93 bits per heavy atom. The van der Waals surface area contributed by atoms with E-state index in [1.807, 2.05) is 40.0 Å². The molecule has 1 fully saturated rings. The van der Waals surface area contributed by atoms with E-state index in [2.05, 4.69) is 18.0 Å². The van der Waals surface area contributed by atoms with Crippen LogP contribution in [-0.4, -0.2) is 10.9 Å². The first-order valence-electron chi connectivity index (χ1n) is 10.5. The Hall–Kier alpha value is -1.45. The third-order valence-electron chi connectivity index (χ3n) is 5.16. The van der Waals surface area contributed by atoms with Gasteiger partial charge in [0.1, 0.15) is 5.76 Å². The topological polar surface area (TPSA) is 22.1 Å². The summed E-state index contributed by atoms with van der Waals surface area (Å²) in [5.74, 6) is -0.523. The first-order valence-corrected chi connectivity index (χ1v) is 10.5. The van der Waals surface area contributed by atoms with Crippen LogP contribution in [0.2, 0.25) is 0 Å². The molecule has 0 aromatic carbocycles. The zero-order valence-electron chi connectivity index (χ0n) is 17.8. The Labute approximate surface area is 164 Å². The predicted molar refractivity (Wildman–Crippen MR) is 109 cm³/mol. The van der Waals surface area contributed by atoms with E-state index in [1.165, 1.54) is 30.4 Å². The Morgan fingerprint density at radius 3 is 2.37 bits per heavy atom. The molecule has 0 N–H and O–H groups in total. The molecule has 154 valence electrons.